The van der Waals surface area contributed by atoms with Gasteiger partial charge in [0.05, 0.1) is 13.2 Å². The second kappa shape index (κ2) is 8.06. The van der Waals surface area contributed by atoms with E-state index in [9.17, 15) is 9.59 Å². The number of amides is 2. The first-order valence-electron chi connectivity index (χ1n) is 7.00. The summed E-state index contributed by atoms with van der Waals surface area (Å²) in [7, 11) is 0. The van der Waals surface area contributed by atoms with Crippen LogP contribution in [0.25, 0.3) is 0 Å². The maximum Gasteiger partial charge on any atom is 0.326 e. The zero-order valence-corrected chi connectivity index (χ0v) is 12.4. The van der Waals surface area contributed by atoms with Gasteiger partial charge in [0.1, 0.15) is 6.04 Å². The van der Waals surface area contributed by atoms with Gasteiger partial charge in [-0.3, -0.25) is 4.90 Å². The first-order valence-corrected chi connectivity index (χ1v) is 7.00. The Hall–Kier alpha value is -1.34. The minimum Gasteiger partial charge on any atom is -0.480 e. The number of rotatable bonds is 6. The standard InChI is InChI=1S/C13H25N3O4/c1-9(2)11(12(17)18)15-13(19)14-10(3)8-16-4-6-20-7-5-16/h9-11H,4-8H2,1-3H3,(H,17,18)(H2,14,15,19). The third kappa shape index (κ3) is 5.75. The Morgan fingerprint density at radius 3 is 2.30 bits per heavy atom. The lowest BCUT2D eigenvalue weighted by atomic mass is 10.1. The predicted molar refractivity (Wildman–Crippen MR) is 74.7 cm³/mol. The van der Waals surface area contributed by atoms with Gasteiger partial charge < -0.3 is 20.5 Å². The van der Waals surface area contributed by atoms with E-state index in [-0.39, 0.29) is 12.0 Å². The molecule has 0 spiro atoms. The molecule has 1 fully saturated rings. The molecule has 7 heteroatoms. The number of hydrogen-bond acceptors (Lipinski definition) is 4. The van der Waals surface area contributed by atoms with Crippen molar-refractivity contribution in [1.82, 2.24) is 15.5 Å². The van der Waals surface area contributed by atoms with Crippen molar-refractivity contribution in [3.05, 3.63) is 0 Å². The fraction of sp³-hybridized carbons (Fsp3) is 0.846. The van der Waals surface area contributed by atoms with Crippen LogP contribution in [0.4, 0.5) is 4.79 Å². The van der Waals surface area contributed by atoms with Gasteiger partial charge in [0, 0.05) is 25.7 Å². The smallest absolute Gasteiger partial charge is 0.326 e. The van der Waals surface area contributed by atoms with Crippen molar-refractivity contribution in [2.75, 3.05) is 32.8 Å². The summed E-state index contributed by atoms with van der Waals surface area (Å²) in [5.74, 6) is -1.18. The van der Waals surface area contributed by atoms with Gasteiger partial charge in [-0.2, -0.15) is 0 Å². The SMILES string of the molecule is CC(CN1CCOCC1)NC(=O)NC(C(=O)O)C(C)C. The number of carboxylic acids is 1. The van der Waals surface area contributed by atoms with Gasteiger partial charge in [0.25, 0.3) is 0 Å². The summed E-state index contributed by atoms with van der Waals surface area (Å²) < 4.78 is 5.26. The summed E-state index contributed by atoms with van der Waals surface area (Å²) in [5.41, 5.74) is 0. The molecule has 2 unspecified atom stereocenters. The Bertz CT molecular complexity index is 330. The summed E-state index contributed by atoms with van der Waals surface area (Å²) in [5, 5.41) is 14.3. The van der Waals surface area contributed by atoms with Crippen molar-refractivity contribution in [1.29, 1.82) is 0 Å². The number of urea groups is 1. The largest absolute Gasteiger partial charge is 0.480 e. The van der Waals surface area contributed by atoms with Gasteiger partial charge in [-0.25, -0.2) is 9.59 Å². The Morgan fingerprint density at radius 2 is 1.80 bits per heavy atom. The lowest BCUT2D eigenvalue weighted by Gasteiger charge is -2.29. The normalized spacial score (nSPS) is 19.4. The molecule has 0 aromatic carbocycles. The van der Waals surface area contributed by atoms with Crippen LogP contribution in [0, 0.1) is 5.92 Å². The monoisotopic (exact) mass is 287 g/mol. The number of ether oxygens (including phenoxy) is 1. The van der Waals surface area contributed by atoms with Gasteiger partial charge in [-0.05, 0) is 12.8 Å². The number of hydrogen-bond donors (Lipinski definition) is 3. The molecule has 0 aromatic rings. The number of carbonyl (C=O) groups is 2. The maximum atomic E-state index is 11.8. The Balaban J connectivity index is 2.34. The fourth-order valence-electron chi connectivity index (χ4n) is 2.14. The van der Waals surface area contributed by atoms with E-state index in [2.05, 4.69) is 15.5 Å². The van der Waals surface area contributed by atoms with Gasteiger partial charge >= 0.3 is 12.0 Å². The number of nitrogens with one attached hydrogen (secondary N) is 2. The predicted octanol–water partition coefficient (Wildman–Crippen LogP) is 0.116. The summed E-state index contributed by atoms with van der Waals surface area (Å²) in [6, 6.07) is -1.35. The molecule has 1 heterocycles. The van der Waals surface area contributed by atoms with Crippen LogP contribution >= 0.6 is 0 Å². The summed E-state index contributed by atoms with van der Waals surface area (Å²) in [6.07, 6.45) is 0. The van der Waals surface area contributed by atoms with E-state index >= 15 is 0 Å². The lowest BCUT2D eigenvalue weighted by Crippen LogP contribution is -2.53. The molecule has 1 saturated heterocycles. The minimum atomic E-state index is -1.02. The highest BCUT2D eigenvalue weighted by molar-refractivity contribution is 5.82. The Labute approximate surface area is 119 Å². The average molecular weight is 287 g/mol. The molecule has 1 aliphatic heterocycles. The molecule has 0 aromatic heterocycles. The van der Waals surface area contributed by atoms with E-state index in [1.165, 1.54) is 0 Å². The van der Waals surface area contributed by atoms with Gasteiger partial charge in [-0.1, -0.05) is 13.8 Å². The second-order valence-electron chi connectivity index (χ2n) is 5.49. The van der Waals surface area contributed by atoms with Gasteiger partial charge in [-0.15, -0.1) is 0 Å². The fourth-order valence-corrected chi connectivity index (χ4v) is 2.14. The molecule has 0 bridgehead atoms. The van der Waals surface area contributed by atoms with Gasteiger partial charge in [0.2, 0.25) is 0 Å². The highest BCUT2D eigenvalue weighted by Crippen LogP contribution is 2.02. The third-order valence-corrected chi connectivity index (χ3v) is 3.23. The van der Waals surface area contributed by atoms with E-state index < -0.39 is 18.0 Å². The van der Waals surface area contributed by atoms with Crippen molar-refractivity contribution in [2.45, 2.75) is 32.9 Å². The molecule has 0 saturated carbocycles. The number of nitrogens with zero attached hydrogens (tertiary/aromatic N) is 1. The van der Waals surface area contributed by atoms with Crippen LogP contribution in [0.1, 0.15) is 20.8 Å². The first kappa shape index (κ1) is 16.7. The van der Waals surface area contributed by atoms with Crippen molar-refractivity contribution in [2.24, 2.45) is 5.92 Å². The Morgan fingerprint density at radius 1 is 1.20 bits per heavy atom. The molecule has 20 heavy (non-hydrogen) atoms. The quantitative estimate of drug-likeness (QED) is 0.645. The van der Waals surface area contributed by atoms with Crippen molar-refractivity contribution >= 4 is 12.0 Å². The van der Waals surface area contributed by atoms with Crippen LogP contribution in [0.3, 0.4) is 0 Å². The topological polar surface area (TPSA) is 90.9 Å². The van der Waals surface area contributed by atoms with E-state index in [0.717, 1.165) is 19.6 Å². The van der Waals surface area contributed by atoms with E-state index in [4.69, 9.17) is 9.84 Å². The molecule has 0 radical (unpaired) electrons. The van der Waals surface area contributed by atoms with Crippen LogP contribution in [-0.4, -0.2) is 66.9 Å². The average Bonchev–Trinajstić information content (AvgIpc) is 2.36. The number of aliphatic carboxylic acids is 1. The van der Waals surface area contributed by atoms with Crippen LogP contribution < -0.4 is 10.6 Å². The van der Waals surface area contributed by atoms with E-state index in [1.54, 1.807) is 13.8 Å². The summed E-state index contributed by atoms with van der Waals surface area (Å²) in [6.45, 7) is 9.30. The molecule has 116 valence electrons. The molecule has 3 N–H and O–H groups in total. The van der Waals surface area contributed by atoms with Crippen molar-refractivity contribution in [3.8, 4) is 0 Å². The molecule has 2 atom stereocenters. The minimum absolute atomic E-state index is 0.0466. The van der Waals surface area contributed by atoms with Crippen LogP contribution in [0.15, 0.2) is 0 Å². The van der Waals surface area contributed by atoms with Crippen LogP contribution in [-0.2, 0) is 9.53 Å². The Kier molecular flexibility index (Phi) is 6.74. The number of carboxylic acid groups (broad SMARTS) is 1. The molecule has 1 aliphatic rings. The molecule has 0 aliphatic carbocycles. The number of carbonyl (C=O) groups excluding carboxylic acids is 1. The zero-order valence-electron chi connectivity index (χ0n) is 12.4. The van der Waals surface area contributed by atoms with Crippen molar-refractivity contribution < 1.29 is 19.4 Å². The summed E-state index contributed by atoms with van der Waals surface area (Å²) >= 11 is 0. The van der Waals surface area contributed by atoms with Gasteiger partial charge in [0.15, 0.2) is 0 Å². The van der Waals surface area contributed by atoms with E-state index in [1.807, 2.05) is 6.92 Å². The first-order chi connectivity index (χ1) is 9.40. The van der Waals surface area contributed by atoms with Crippen LogP contribution in [0.5, 0.6) is 0 Å². The van der Waals surface area contributed by atoms with Crippen LogP contribution in [0.2, 0.25) is 0 Å². The highest BCUT2D eigenvalue weighted by atomic mass is 16.5. The van der Waals surface area contributed by atoms with Crippen molar-refractivity contribution in [3.63, 3.8) is 0 Å². The molecule has 2 amide bonds. The molecular weight excluding hydrogens is 262 g/mol. The molecular formula is C13H25N3O4. The molecule has 7 nitrogen and oxygen atoms in total. The summed E-state index contributed by atoms with van der Waals surface area (Å²) in [4.78, 5) is 25.0. The zero-order chi connectivity index (χ0) is 15.1. The molecule has 1 rings (SSSR count). The van der Waals surface area contributed by atoms with E-state index in [0.29, 0.717) is 13.2 Å². The number of morpholine rings is 1. The highest BCUT2D eigenvalue weighted by Gasteiger charge is 2.24. The second-order valence-corrected chi connectivity index (χ2v) is 5.49. The third-order valence-electron chi connectivity index (χ3n) is 3.23. The maximum absolute atomic E-state index is 11.8. The lowest BCUT2D eigenvalue weighted by molar-refractivity contribution is -0.140.